The zero-order valence-electron chi connectivity index (χ0n) is 4.93. The Kier molecular flexibility index (Phi) is 51.1. The molecule has 54 valence electrons. The van der Waals surface area contributed by atoms with E-state index in [1.54, 1.807) is 6.92 Å². The molecule has 0 aromatic rings. The van der Waals surface area contributed by atoms with Crippen LogP contribution in [0.25, 0.3) is 0 Å². The molecule has 0 bridgehead atoms. The second kappa shape index (κ2) is 25.9. The minimum absolute atomic E-state index is 0. The Hall–Kier alpha value is 0.500. The van der Waals surface area contributed by atoms with Gasteiger partial charge in [0.2, 0.25) is 0 Å². The van der Waals surface area contributed by atoms with E-state index in [9.17, 15) is 0 Å². The van der Waals surface area contributed by atoms with Crippen molar-refractivity contribution in [2.45, 2.75) is 6.92 Å². The minimum atomic E-state index is 0. The number of hydrogen-bond acceptors (Lipinski definition) is 2. The van der Waals surface area contributed by atoms with E-state index in [1.807, 2.05) is 0 Å². The Morgan fingerprint density at radius 3 is 1.75 bits per heavy atom. The summed E-state index contributed by atoms with van der Waals surface area (Å²) >= 11 is 5.06. The fraction of sp³-hybridized carbons (Fsp3) is 1.00. The summed E-state index contributed by atoms with van der Waals surface area (Å²) in [5.74, 6) is 0.569. The highest BCUT2D eigenvalue weighted by atomic mass is 35.5. The molecule has 0 saturated heterocycles. The molecule has 0 atom stereocenters. The SMILES string of the molecule is CCO.Cl.NCCCl. The van der Waals surface area contributed by atoms with Crippen molar-refractivity contribution in [2.75, 3.05) is 19.0 Å². The number of aliphatic hydroxyl groups excluding tert-OH is 1. The highest BCUT2D eigenvalue weighted by Crippen LogP contribution is 1.60. The van der Waals surface area contributed by atoms with Gasteiger partial charge in [-0.2, -0.15) is 0 Å². The van der Waals surface area contributed by atoms with E-state index in [1.165, 1.54) is 0 Å². The van der Waals surface area contributed by atoms with Crippen LogP contribution in [-0.2, 0) is 0 Å². The van der Waals surface area contributed by atoms with E-state index in [0.717, 1.165) is 0 Å². The highest BCUT2D eigenvalue weighted by Gasteiger charge is 1.58. The predicted molar refractivity (Wildman–Crippen MR) is 39.8 cm³/mol. The average Bonchev–Trinajstić information content (AvgIpc) is 1.69. The van der Waals surface area contributed by atoms with Crippen molar-refractivity contribution in [3.63, 3.8) is 0 Å². The molecular weight excluding hydrogens is 149 g/mol. The molecule has 0 aromatic carbocycles. The van der Waals surface area contributed by atoms with Crippen molar-refractivity contribution < 1.29 is 5.11 Å². The number of alkyl halides is 1. The molecule has 0 unspecified atom stereocenters. The van der Waals surface area contributed by atoms with Crippen molar-refractivity contribution in [3.05, 3.63) is 0 Å². The summed E-state index contributed by atoms with van der Waals surface area (Å²) in [7, 11) is 0. The number of nitrogens with two attached hydrogens (primary N) is 1. The van der Waals surface area contributed by atoms with E-state index in [0.29, 0.717) is 12.4 Å². The summed E-state index contributed by atoms with van der Waals surface area (Å²) in [6.45, 7) is 2.52. The van der Waals surface area contributed by atoms with Gasteiger partial charge in [-0.3, -0.25) is 0 Å². The molecule has 0 spiro atoms. The van der Waals surface area contributed by atoms with Crippen molar-refractivity contribution in [2.24, 2.45) is 5.73 Å². The molecule has 0 aliphatic heterocycles. The van der Waals surface area contributed by atoms with E-state index >= 15 is 0 Å². The van der Waals surface area contributed by atoms with Crippen molar-refractivity contribution >= 4 is 24.0 Å². The van der Waals surface area contributed by atoms with Crippen molar-refractivity contribution in [3.8, 4) is 0 Å². The first-order valence-electron chi connectivity index (χ1n) is 2.20. The first kappa shape index (κ1) is 15.8. The van der Waals surface area contributed by atoms with Crippen LogP contribution >= 0.6 is 24.0 Å². The van der Waals surface area contributed by atoms with Crippen LogP contribution in [0.2, 0.25) is 0 Å². The maximum Gasteiger partial charge on any atom is 0.0402 e. The van der Waals surface area contributed by atoms with Gasteiger partial charge in [0.25, 0.3) is 0 Å². The van der Waals surface area contributed by atoms with Gasteiger partial charge < -0.3 is 10.8 Å². The molecule has 0 aromatic heterocycles. The third-order valence-corrected chi connectivity index (χ3v) is 0.327. The summed E-state index contributed by atoms with van der Waals surface area (Å²) in [5.41, 5.74) is 4.90. The lowest BCUT2D eigenvalue weighted by Gasteiger charge is -1.68. The van der Waals surface area contributed by atoms with Crippen LogP contribution in [0.1, 0.15) is 6.92 Å². The molecule has 0 rings (SSSR count). The number of aliphatic hydroxyl groups is 1. The smallest absolute Gasteiger partial charge is 0.0402 e. The Morgan fingerprint density at radius 1 is 1.62 bits per heavy atom. The molecule has 0 radical (unpaired) electrons. The van der Waals surface area contributed by atoms with E-state index in [4.69, 9.17) is 22.4 Å². The number of halogens is 2. The lowest BCUT2D eigenvalue weighted by atomic mass is 10.8. The maximum atomic E-state index is 7.57. The molecule has 0 fully saturated rings. The summed E-state index contributed by atoms with van der Waals surface area (Å²) in [5, 5.41) is 7.57. The van der Waals surface area contributed by atoms with Gasteiger partial charge in [-0.25, -0.2) is 0 Å². The average molecular weight is 162 g/mol. The van der Waals surface area contributed by atoms with Crippen LogP contribution in [-0.4, -0.2) is 24.1 Å². The maximum absolute atomic E-state index is 7.57. The molecule has 4 heteroatoms. The van der Waals surface area contributed by atoms with E-state index in [2.05, 4.69) is 0 Å². The van der Waals surface area contributed by atoms with Gasteiger partial charge in [0.05, 0.1) is 0 Å². The fourth-order valence-corrected chi connectivity index (χ4v) is 0. The Balaban J connectivity index is -0.0000000575. The van der Waals surface area contributed by atoms with Gasteiger partial charge in [0.1, 0.15) is 0 Å². The summed E-state index contributed by atoms with van der Waals surface area (Å²) in [6, 6.07) is 0. The topological polar surface area (TPSA) is 46.2 Å². The molecular formula is C4H13Cl2NO. The van der Waals surface area contributed by atoms with E-state index < -0.39 is 0 Å². The normalized spacial score (nSPS) is 6.00. The van der Waals surface area contributed by atoms with Gasteiger partial charge in [0.15, 0.2) is 0 Å². The summed E-state index contributed by atoms with van der Waals surface area (Å²) in [6.07, 6.45) is 0. The van der Waals surface area contributed by atoms with Gasteiger partial charge in [0, 0.05) is 19.0 Å². The zero-order valence-corrected chi connectivity index (χ0v) is 6.50. The van der Waals surface area contributed by atoms with E-state index in [-0.39, 0.29) is 19.0 Å². The van der Waals surface area contributed by atoms with Gasteiger partial charge in [-0.1, -0.05) is 0 Å². The highest BCUT2D eigenvalue weighted by molar-refractivity contribution is 6.18. The predicted octanol–water partition coefficient (Wildman–Crippen LogP) is 0.604. The second-order valence-corrected chi connectivity index (χ2v) is 1.17. The minimum Gasteiger partial charge on any atom is -0.397 e. The lowest BCUT2D eigenvalue weighted by molar-refractivity contribution is 0.318. The fourth-order valence-electron chi connectivity index (χ4n) is 0. The molecule has 2 nitrogen and oxygen atoms in total. The van der Waals surface area contributed by atoms with Gasteiger partial charge in [-0.15, -0.1) is 24.0 Å². The monoisotopic (exact) mass is 161 g/mol. The Labute approximate surface area is 61.4 Å². The Bertz CT molecular complexity index is 21.5. The third-order valence-electron chi connectivity index (χ3n) is 0.109. The van der Waals surface area contributed by atoms with Gasteiger partial charge >= 0.3 is 0 Å². The van der Waals surface area contributed by atoms with Crippen LogP contribution in [0.5, 0.6) is 0 Å². The molecule has 0 amide bonds. The van der Waals surface area contributed by atoms with Crippen LogP contribution in [0, 0.1) is 0 Å². The van der Waals surface area contributed by atoms with Crippen LogP contribution < -0.4 is 5.73 Å². The molecule has 8 heavy (non-hydrogen) atoms. The van der Waals surface area contributed by atoms with Crippen LogP contribution in [0.4, 0.5) is 0 Å². The standard InChI is InChI=1S/C2H6ClN.C2H6O.ClH/c3-1-2-4;1-2-3;/h1-2,4H2;3H,2H2,1H3;1H. The first-order valence-corrected chi connectivity index (χ1v) is 2.73. The summed E-state index contributed by atoms with van der Waals surface area (Å²) < 4.78 is 0. The van der Waals surface area contributed by atoms with Crippen molar-refractivity contribution in [1.29, 1.82) is 0 Å². The van der Waals surface area contributed by atoms with Crippen LogP contribution in [0.3, 0.4) is 0 Å². The second-order valence-electron chi connectivity index (χ2n) is 0.794. The largest absolute Gasteiger partial charge is 0.397 e. The number of hydrogen-bond donors (Lipinski definition) is 2. The zero-order chi connectivity index (χ0) is 6.12. The molecule has 0 aliphatic rings. The van der Waals surface area contributed by atoms with Gasteiger partial charge in [-0.05, 0) is 6.92 Å². The summed E-state index contributed by atoms with van der Waals surface area (Å²) in [4.78, 5) is 0. The molecule has 0 aliphatic carbocycles. The quantitative estimate of drug-likeness (QED) is 0.554. The number of rotatable bonds is 1. The molecule has 0 heterocycles. The first-order chi connectivity index (χ1) is 3.33. The van der Waals surface area contributed by atoms with Crippen LogP contribution in [0.15, 0.2) is 0 Å². The van der Waals surface area contributed by atoms with Crippen molar-refractivity contribution in [1.82, 2.24) is 0 Å². The Morgan fingerprint density at radius 2 is 1.75 bits per heavy atom. The lowest BCUT2D eigenvalue weighted by Crippen LogP contribution is -1.97. The molecule has 0 saturated carbocycles. The third kappa shape index (κ3) is 87.4. The molecule has 3 N–H and O–H groups in total.